The smallest absolute Gasteiger partial charge is 0.210 e. The lowest BCUT2D eigenvalue weighted by molar-refractivity contribution is 0.849. The molecule has 2 aromatic heterocycles. The van der Waals surface area contributed by atoms with Crippen molar-refractivity contribution >= 4 is 34.7 Å². The van der Waals surface area contributed by atoms with Crippen LogP contribution in [0, 0.1) is 0 Å². The lowest BCUT2D eigenvalue weighted by Gasteiger charge is -2.03. The van der Waals surface area contributed by atoms with Gasteiger partial charge >= 0.3 is 0 Å². The molecule has 8 heteroatoms. The first-order valence-electron chi connectivity index (χ1n) is 8.25. The first kappa shape index (κ1) is 18.0. The Morgan fingerprint density at radius 2 is 1.93 bits per heavy atom. The van der Waals surface area contributed by atoms with E-state index in [0.717, 1.165) is 22.7 Å². The van der Waals surface area contributed by atoms with E-state index in [-0.39, 0.29) is 0 Å². The third-order valence-electron chi connectivity index (χ3n) is 3.89. The highest BCUT2D eigenvalue weighted by Crippen LogP contribution is 2.26. The van der Waals surface area contributed by atoms with Crippen LogP contribution >= 0.6 is 34.7 Å². The van der Waals surface area contributed by atoms with Gasteiger partial charge in [-0.3, -0.25) is 0 Å². The monoisotopic (exact) mass is 413 g/mol. The van der Waals surface area contributed by atoms with E-state index >= 15 is 0 Å². The molecule has 5 nitrogen and oxygen atoms in total. The van der Waals surface area contributed by atoms with Gasteiger partial charge in [0, 0.05) is 28.1 Å². The van der Waals surface area contributed by atoms with Crippen molar-refractivity contribution in [1.82, 2.24) is 19.9 Å². The first-order valence-corrected chi connectivity index (χ1v) is 10.5. The summed E-state index contributed by atoms with van der Waals surface area (Å²) >= 11 is 9.23. The Bertz CT molecular complexity index is 1050. The summed E-state index contributed by atoms with van der Waals surface area (Å²) in [4.78, 5) is 4.71. The molecular formula is C19H16ClN5S2. The van der Waals surface area contributed by atoms with Gasteiger partial charge in [-0.1, -0.05) is 65.8 Å². The normalized spacial score (nSPS) is 11.0. The average Bonchev–Trinajstić information content (AvgIpc) is 3.27. The molecule has 0 saturated carbocycles. The lowest BCUT2D eigenvalue weighted by Crippen LogP contribution is -2.11. The van der Waals surface area contributed by atoms with E-state index in [2.05, 4.69) is 27.7 Å². The number of halogens is 1. The fraction of sp³-hybridized carbons (Fsp3) is 0.105. The minimum atomic E-state index is 0.586. The van der Waals surface area contributed by atoms with Crippen LogP contribution in [0.5, 0.6) is 0 Å². The number of thioether (sulfide) groups is 1. The molecule has 0 unspecified atom stereocenters. The van der Waals surface area contributed by atoms with E-state index in [4.69, 9.17) is 22.4 Å². The van der Waals surface area contributed by atoms with Crippen molar-refractivity contribution < 1.29 is 0 Å². The van der Waals surface area contributed by atoms with E-state index < -0.39 is 0 Å². The number of hydrogen-bond acceptors (Lipinski definition) is 6. The molecule has 0 bridgehead atoms. The predicted octanol–water partition coefficient (Wildman–Crippen LogP) is 4.65. The maximum Gasteiger partial charge on any atom is 0.210 e. The van der Waals surface area contributed by atoms with Gasteiger partial charge in [-0.2, -0.15) is 0 Å². The largest absolute Gasteiger partial charge is 0.335 e. The van der Waals surface area contributed by atoms with Gasteiger partial charge in [0.25, 0.3) is 0 Å². The number of rotatable bonds is 6. The molecular weight excluding hydrogens is 398 g/mol. The number of nitrogens with two attached hydrogens (primary N) is 1. The van der Waals surface area contributed by atoms with Gasteiger partial charge < -0.3 is 5.84 Å². The molecule has 2 heterocycles. The molecule has 2 aromatic carbocycles. The van der Waals surface area contributed by atoms with Gasteiger partial charge in [-0.15, -0.1) is 21.5 Å². The minimum absolute atomic E-state index is 0.586. The van der Waals surface area contributed by atoms with Crippen molar-refractivity contribution in [2.24, 2.45) is 0 Å². The number of nitrogen functional groups attached to an aromatic ring is 1. The van der Waals surface area contributed by atoms with Crippen LogP contribution in [0.3, 0.4) is 0 Å². The molecule has 27 heavy (non-hydrogen) atoms. The highest BCUT2D eigenvalue weighted by atomic mass is 35.5. The Balaban J connectivity index is 1.42. The van der Waals surface area contributed by atoms with Crippen molar-refractivity contribution in [1.29, 1.82) is 0 Å². The van der Waals surface area contributed by atoms with Crippen LogP contribution in [0.2, 0.25) is 5.02 Å². The zero-order valence-electron chi connectivity index (χ0n) is 14.2. The third-order valence-corrected chi connectivity index (χ3v) is 6.00. The van der Waals surface area contributed by atoms with Crippen molar-refractivity contribution in [2.45, 2.75) is 17.3 Å². The summed E-state index contributed by atoms with van der Waals surface area (Å²) in [6.07, 6.45) is 0.849. The third kappa shape index (κ3) is 4.32. The van der Waals surface area contributed by atoms with Gasteiger partial charge in [-0.25, -0.2) is 9.66 Å². The number of aromatic nitrogens is 4. The quantitative estimate of drug-likeness (QED) is 0.368. The van der Waals surface area contributed by atoms with Crippen molar-refractivity contribution in [3.05, 3.63) is 81.3 Å². The molecule has 4 rings (SSSR count). The molecule has 0 saturated heterocycles. The Hall–Kier alpha value is -2.35. The molecule has 0 radical (unpaired) electrons. The molecule has 0 aliphatic heterocycles. The van der Waals surface area contributed by atoms with E-state index in [1.165, 1.54) is 22.0 Å². The number of nitrogens with zero attached hydrogens (tertiary/aromatic N) is 4. The van der Waals surface area contributed by atoms with Crippen molar-refractivity contribution in [3.8, 4) is 11.4 Å². The summed E-state index contributed by atoms with van der Waals surface area (Å²) in [6, 6.07) is 17.7. The average molecular weight is 414 g/mol. The molecule has 136 valence electrons. The molecule has 0 aliphatic rings. The van der Waals surface area contributed by atoms with Gasteiger partial charge in [-0.05, 0) is 17.7 Å². The molecule has 4 aromatic rings. The maximum absolute atomic E-state index is 6.17. The van der Waals surface area contributed by atoms with E-state index in [9.17, 15) is 0 Å². The van der Waals surface area contributed by atoms with Gasteiger partial charge in [0.1, 0.15) is 0 Å². The maximum atomic E-state index is 6.17. The summed E-state index contributed by atoms with van der Waals surface area (Å²) in [5.74, 6) is 7.44. The second kappa shape index (κ2) is 8.12. The van der Waals surface area contributed by atoms with Crippen LogP contribution in [0.4, 0.5) is 0 Å². The standard InChI is InChI=1S/C19H16ClN5S2/c20-15-8-4-7-14(10-15)18-23-24-19(25(18)21)27-12-16-11-26-17(22-16)9-13-5-2-1-3-6-13/h1-8,10-11H,9,12,21H2. The fourth-order valence-electron chi connectivity index (χ4n) is 2.61. The number of benzene rings is 2. The summed E-state index contributed by atoms with van der Waals surface area (Å²) in [5, 5.41) is 12.9. The Labute approximate surface area is 170 Å². The highest BCUT2D eigenvalue weighted by molar-refractivity contribution is 7.98. The fourth-order valence-corrected chi connectivity index (χ4v) is 4.48. The molecule has 0 amide bonds. The van der Waals surface area contributed by atoms with Gasteiger partial charge in [0.15, 0.2) is 5.82 Å². The lowest BCUT2D eigenvalue weighted by atomic mass is 10.2. The molecule has 0 atom stereocenters. The van der Waals surface area contributed by atoms with E-state index in [1.54, 1.807) is 11.3 Å². The molecule has 2 N–H and O–H groups in total. The Kier molecular flexibility index (Phi) is 5.42. The summed E-state index contributed by atoms with van der Waals surface area (Å²) in [7, 11) is 0. The van der Waals surface area contributed by atoms with Gasteiger partial charge in [0.2, 0.25) is 5.16 Å². The zero-order chi connectivity index (χ0) is 18.6. The molecule has 0 spiro atoms. The van der Waals surface area contributed by atoms with Crippen molar-refractivity contribution in [2.75, 3.05) is 5.84 Å². The Morgan fingerprint density at radius 3 is 2.74 bits per heavy atom. The van der Waals surface area contributed by atoms with Crippen LogP contribution in [0.15, 0.2) is 65.1 Å². The van der Waals surface area contributed by atoms with Crippen LogP contribution in [0.25, 0.3) is 11.4 Å². The van der Waals surface area contributed by atoms with E-state index in [0.29, 0.717) is 21.8 Å². The summed E-state index contributed by atoms with van der Waals surface area (Å²) < 4.78 is 1.49. The molecule has 0 aliphatic carbocycles. The van der Waals surface area contributed by atoms with Crippen molar-refractivity contribution in [3.63, 3.8) is 0 Å². The second-order valence-electron chi connectivity index (χ2n) is 5.87. The topological polar surface area (TPSA) is 69.6 Å². The van der Waals surface area contributed by atoms with Crippen LogP contribution in [-0.2, 0) is 12.2 Å². The molecule has 0 fully saturated rings. The number of hydrogen-bond donors (Lipinski definition) is 1. The number of thiazole rings is 1. The second-order valence-corrected chi connectivity index (χ2v) is 8.19. The van der Waals surface area contributed by atoms with E-state index in [1.807, 2.05) is 42.5 Å². The summed E-state index contributed by atoms with van der Waals surface area (Å²) in [6.45, 7) is 0. The summed E-state index contributed by atoms with van der Waals surface area (Å²) in [5.41, 5.74) is 3.12. The Morgan fingerprint density at radius 1 is 1.07 bits per heavy atom. The first-order chi connectivity index (χ1) is 13.2. The minimum Gasteiger partial charge on any atom is -0.335 e. The zero-order valence-corrected chi connectivity index (χ0v) is 16.6. The predicted molar refractivity (Wildman–Crippen MR) is 112 cm³/mol. The van der Waals surface area contributed by atoms with Crippen LogP contribution < -0.4 is 5.84 Å². The van der Waals surface area contributed by atoms with Crippen LogP contribution in [0.1, 0.15) is 16.3 Å². The van der Waals surface area contributed by atoms with Gasteiger partial charge in [0.05, 0.1) is 10.7 Å². The van der Waals surface area contributed by atoms with Crippen LogP contribution in [-0.4, -0.2) is 19.9 Å². The highest BCUT2D eigenvalue weighted by Gasteiger charge is 2.13. The SMILES string of the molecule is Nn1c(SCc2csc(Cc3ccccc3)n2)nnc1-c1cccc(Cl)c1.